The lowest BCUT2D eigenvalue weighted by atomic mass is 9.55. The maximum Gasteiger partial charge on any atom is 0.0725 e. The molecule has 0 saturated carbocycles. The van der Waals surface area contributed by atoms with Gasteiger partial charge in [0.1, 0.15) is 0 Å². The molecule has 0 fully saturated rings. The Balaban J connectivity index is 0.00000101. The van der Waals surface area contributed by atoms with Gasteiger partial charge in [-0.1, -0.05) is 65.8 Å². The number of benzene rings is 2. The molecule has 3 nitrogen and oxygen atoms in total. The zero-order chi connectivity index (χ0) is 23.1. The molecular weight excluding hydrogens is 402 g/mol. The van der Waals surface area contributed by atoms with Gasteiger partial charge in [0.05, 0.1) is 28.9 Å². The van der Waals surface area contributed by atoms with Crippen molar-refractivity contribution in [1.29, 1.82) is 0 Å². The van der Waals surface area contributed by atoms with Crippen LogP contribution in [0, 0.1) is 0 Å². The van der Waals surface area contributed by atoms with Gasteiger partial charge in [0.25, 0.3) is 0 Å². The molecule has 0 unspecified atom stereocenters. The minimum atomic E-state index is -0.0510. The maximum absolute atomic E-state index is 4.48. The summed E-state index contributed by atoms with van der Waals surface area (Å²) in [6.07, 6.45) is 7.82. The number of aromatic nitrogens is 3. The molecule has 1 aliphatic rings. The number of fused-ring (bicyclic) bond motifs is 10. The lowest BCUT2D eigenvalue weighted by molar-refractivity contribution is 0.301. The van der Waals surface area contributed by atoms with Gasteiger partial charge < -0.3 is 4.40 Å². The van der Waals surface area contributed by atoms with Crippen LogP contribution in [0.3, 0.4) is 0 Å². The van der Waals surface area contributed by atoms with E-state index in [2.05, 4.69) is 84.5 Å². The minimum Gasteiger partial charge on any atom is -0.305 e. The molecule has 2 aromatic carbocycles. The Morgan fingerprint density at radius 1 is 0.697 bits per heavy atom. The van der Waals surface area contributed by atoms with Crippen molar-refractivity contribution in [2.45, 2.75) is 52.4 Å². The zero-order valence-electron chi connectivity index (χ0n) is 20.2. The van der Waals surface area contributed by atoms with Gasteiger partial charge in [0.2, 0.25) is 0 Å². The first-order valence-corrected chi connectivity index (χ1v) is 11.9. The fourth-order valence-corrected chi connectivity index (χ4v) is 6.08. The molecule has 0 aliphatic heterocycles. The molecule has 1 aliphatic carbocycles. The second-order valence-corrected chi connectivity index (χ2v) is 9.99. The molecule has 164 valence electrons. The van der Waals surface area contributed by atoms with E-state index in [0.29, 0.717) is 0 Å². The van der Waals surface area contributed by atoms with Crippen LogP contribution in [0.15, 0.2) is 67.3 Å². The van der Waals surface area contributed by atoms with Crippen molar-refractivity contribution in [3.05, 3.63) is 78.4 Å². The summed E-state index contributed by atoms with van der Waals surface area (Å²) in [5.74, 6) is 0. The van der Waals surface area contributed by atoms with Crippen LogP contribution in [0.25, 0.3) is 49.2 Å². The molecule has 0 N–H and O–H groups in total. The van der Waals surface area contributed by atoms with E-state index < -0.39 is 0 Å². The van der Waals surface area contributed by atoms with Crippen molar-refractivity contribution < 1.29 is 0 Å². The molecule has 0 bridgehead atoms. The first-order chi connectivity index (χ1) is 15.9. The van der Waals surface area contributed by atoms with Crippen LogP contribution in [0.5, 0.6) is 0 Å². The summed E-state index contributed by atoms with van der Waals surface area (Å²) in [5.41, 5.74) is 9.15. The first kappa shape index (κ1) is 20.2. The third-order valence-electron chi connectivity index (χ3n) is 8.24. The molecule has 33 heavy (non-hydrogen) atoms. The minimum absolute atomic E-state index is 0.00501. The largest absolute Gasteiger partial charge is 0.305 e. The van der Waals surface area contributed by atoms with Crippen LogP contribution in [0.2, 0.25) is 0 Å². The molecule has 7 rings (SSSR count). The van der Waals surface area contributed by atoms with E-state index in [1.54, 1.807) is 0 Å². The summed E-state index contributed by atoms with van der Waals surface area (Å²) < 4.78 is 2.37. The SMILES string of the molecule is CC.CC1(C)c2ccccc2-c2cc3c4ccncc4n4c5cnccc5c(c2C1(C)C)c34. The predicted octanol–water partition coefficient (Wildman–Crippen LogP) is 7.89. The Bertz CT molecular complexity index is 1680. The highest BCUT2D eigenvalue weighted by atomic mass is 14.9. The Labute approximate surface area is 194 Å². The fraction of sp³-hybridized carbons (Fsp3) is 0.267. The fourth-order valence-electron chi connectivity index (χ4n) is 6.08. The van der Waals surface area contributed by atoms with Crippen molar-refractivity contribution in [1.82, 2.24) is 14.4 Å². The predicted molar refractivity (Wildman–Crippen MR) is 140 cm³/mol. The van der Waals surface area contributed by atoms with Gasteiger partial charge in [-0.2, -0.15) is 0 Å². The van der Waals surface area contributed by atoms with E-state index >= 15 is 0 Å². The standard InChI is InChI=1S/C28H23N3.C2H6/c1-27(2)21-8-6-5-7-16(21)19-13-20-17-9-11-29-14-22(17)31-23-15-30-12-10-18(23)24(26(20)31)25(19)28(27,3)4;1-2/h5-15H,1-4H3;1-2H3. The summed E-state index contributed by atoms with van der Waals surface area (Å²) in [7, 11) is 0. The van der Waals surface area contributed by atoms with Crippen LogP contribution in [-0.4, -0.2) is 14.4 Å². The number of nitrogens with zero attached hydrogens (tertiary/aromatic N) is 3. The number of hydrogen-bond donors (Lipinski definition) is 0. The molecule has 4 heterocycles. The molecule has 0 spiro atoms. The number of rotatable bonds is 0. The third kappa shape index (κ3) is 2.25. The summed E-state index contributed by atoms with van der Waals surface area (Å²) in [6, 6.07) is 15.7. The third-order valence-corrected chi connectivity index (χ3v) is 8.24. The van der Waals surface area contributed by atoms with Gasteiger partial charge >= 0.3 is 0 Å². The van der Waals surface area contributed by atoms with E-state index in [1.807, 2.05) is 38.6 Å². The molecule has 6 aromatic rings. The second-order valence-electron chi connectivity index (χ2n) is 9.99. The van der Waals surface area contributed by atoms with Gasteiger partial charge in [0.15, 0.2) is 0 Å². The molecule has 0 radical (unpaired) electrons. The normalized spacial score (nSPS) is 16.1. The Kier molecular flexibility index (Phi) is 4.00. The van der Waals surface area contributed by atoms with Crippen LogP contribution >= 0.6 is 0 Å². The molecule has 0 amide bonds. The maximum atomic E-state index is 4.48. The van der Waals surface area contributed by atoms with E-state index in [1.165, 1.54) is 49.3 Å². The average molecular weight is 432 g/mol. The van der Waals surface area contributed by atoms with Crippen LogP contribution in [0.4, 0.5) is 0 Å². The summed E-state index contributed by atoms with van der Waals surface area (Å²) in [5, 5.41) is 5.20. The molecule has 3 heteroatoms. The van der Waals surface area contributed by atoms with E-state index in [-0.39, 0.29) is 10.8 Å². The number of pyridine rings is 2. The molecular formula is C30H29N3. The molecule has 4 aromatic heterocycles. The van der Waals surface area contributed by atoms with E-state index in [4.69, 9.17) is 0 Å². The lowest BCUT2D eigenvalue weighted by Crippen LogP contribution is -2.43. The highest BCUT2D eigenvalue weighted by Crippen LogP contribution is 2.58. The van der Waals surface area contributed by atoms with Crippen molar-refractivity contribution in [2.75, 3.05) is 0 Å². The van der Waals surface area contributed by atoms with E-state index in [0.717, 1.165) is 11.0 Å². The van der Waals surface area contributed by atoms with Crippen LogP contribution in [-0.2, 0) is 10.8 Å². The topological polar surface area (TPSA) is 30.2 Å². The van der Waals surface area contributed by atoms with Crippen LogP contribution < -0.4 is 0 Å². The van der Waals surface area contributed by atoms with Crippen molar-refractivity contribution in [3.8, 4) is 11.1 Å². The highest BCUT2D eigenvalue weighted by Gasteiger charge is 2.47. The zero-order valence-corrected chi connectivity index (χ0v) is 20.2. The first-order valence-electron chi connectivity index (χ1n) is 11.9. The number of hydrogen-bond acceptors (Lipinski definition) is 2. The van der Waals surface area contributed by atoms with Crippen molar-refractivity contribution >= 4 is 38.1 Å². The molecule has 0 atom stereocenters. The summed E-state index contributed by atoms with van der Waals surface area (Å²) in [6.45, 7) is 13.6. The summed E-state index contributed by atoms with van der Waals surface area (Å²) in [4.78, 5) is 8.94. The van der Waals surface area contributed by atoms with E-state index in [9.17, 15) is 0 Å². The smallest absolute Gasteiger partial charge is 0.0725 e. The van der Waals surface area contributed by atoms with Gasteiger partial charge in [0, 0.05) is 39.4 Å². The van der Waals surface area contributed by atoms with Crippen molar-refractivity contribution in [3.63, 3.8) is 0 Å². The van der Waals surface area contributed by atoms with Gasteiger partial charge in [-0.15, -0.1) is 0 Å². The van der Waals surface area contributed by atoms with Gasteiger partial charge in [-0.05, 0) is 45.9 Å². The molecule has 0 saturated heterocycles. The summed E-state index contributed by atoms with van der Waals surface area (Å²) >= 11 is 0. The Hall–Kier alpha value is -3.46. The average Bonchev–Trinajstić information content (AvgIpc) is 3.35. The van der Waals surface area contributed by atoms with Gasteiger partial charge in [-0.25, -0.2) is 0 Å². The second kappa shape index (κ2) is 6.54. The quantitative estimate of drug-likeness (QED) is 0.245. The lowest BCUT2D eigenvalue weighted by Gasteiger charge is -2.48. The van der Waals surface area contributed by atoms with Crippen LogP contribution in [0.1, 0.15) is 52.7 Å². The Morgan fingerprint density at radius 3 is 2.06 bits per heavy atom. The monoisotopic (exact) mass is 431 g/mol. The van der Waals surface area contributed by atoms with Gasteiger partial charge in [-0.3, -0.25) is 9.97 Å². The van der Waals surface area contributed by atoms with Crippen molar-refractivity contribution in [2.24, 2.45) is 0 Å². The highest BCUT2D eigenvalue weighted by molar-refractivity contribution is 6.26. The Morgan fingerprint density at radius 2 is 1.33 bits per heavy atom.